The average molecular weight is 195 g/mol. The zero-order valence-corrected chi connectivity index (χ0v) is 7.07. The molecular weight excluding hydrogens is 189 g/mol. The zero-order chi connectivity index (χ0) is 10.6. The van der Waals surface area contributed by atoms with E-state index in [1.54, 1.807) is 0 Å². The second kappa shape index (κ2) is 4.23. The molecule has 0 N–H and O–H groups in total. The fraction of sp³-hybridized carbons (Fsp3) is 0.111. The molecule has 0 bridgehead atoms. The number of hydrogen-bond acceptors (Lipinski definition) is 3. The molecule has 0 heterocycles. The fourth-order valence-corrected chi connectivity index (χ4v) is 0.850. The van der Waals surface area contributed by atoms with Gasteiger partial charge < -0.3 is 4.74 Å². The Hall–Kier alpha value is -2.09. The van der Waals surface area contributed by atoms with Crippen LogP contribution < -0.4 is 4.74 Å². The minimum absolute atomic E-state index is 0.00273. The van der Waals surface area contributed by atoms with Crippen molar-refractivity contribution in [1.29, 1.82) is 0 Å². The van der Waals surface area contributed by atoms with Crippen LogP contribution in [0.1, 0.15) is 0 Å². The van der Waals surface area contributed by atoms with Gasteiger partial charge >= 0.3 is 5.69 Å². The van der Waals surface area contributed by atoms with Crippen LogP contribution in [0, 0.1) is 28.3 Å². The summed E-state index contributed by atoms with van der Waals surface area (Å²) < 4.78 is 17.8. The molecule has 1 aromatic rings. The summed E-state index contributed by atoms with van der Waals surface area (Å²) in [6, 6.07) is 3.25. The molecule has 0 aliphatic heterocycles. The molecule has 72 valence electrons. The Labute approximate surface area is 79.5 Å². The van der Waals surface area contributed by atoms with Crippen molar-refractivity contribution < 1.29 is 14.1 Å². The summed E-state index contributed by atoms with van der Waals surface area (Å²) in [5.74, 6) is 1.43. The van der Waals surface area contributed by atoms with Gasteiger partial charge in [-0.1, -0.05) is 5.92 Å². The van der Waals surface area contributed by atoms with E-state index in [0.717, 1.165) is 12.1 Å². The van der Waals surface area contributed by atoms with Crippen LogP contribution in [0.2, 0.25) is 0 Å². The van der Waals surface area contributed by atoms with Gasteiger partial charge in [-0.2, -0.15) is 4.39 Å². The average Bonchev–Trinajstić information content (AvgIpc) is 2.14. The van der Waals surface area contributed by atoms with E-state index in [9.17, 15) is 14.5 Å². The SMILES string of the molecule is C#CCOc1ccc([N+](=O)[O-])c(F)c1. The van der Waals surface area contributed by atoms with Gasteiger partial charge in [0.15, 0.2) is 0 Å². The van der Waals surface area contributed by atoms with E-state index in [1.165, 1.54) is 6.07 Å². The van der Waals surface area contributed by atoms with Crippen molar-refractivity contribution in [2.75, 3.05) is 6.61 Å². The first-order chi connectivity index (χ1) is 6.65. The number of rotatable bonds is 3. The van der Waals surface area contributed by atoms with Gasteiger partial charge in [0.05, 0.1) is 4.92 Å². The van der Waals surface area contributed by atoms with Crippen molar-refractivity contribution in [3.63, 3.8) is 0 Å². The zero-order valence-electron chi connectivity index (χ0n) is 7.07. The minimum atomic E-state index is -0.940. The van der Waals surface area contributed by atoms with Crippen LogP contribution in [0.5, 0.6) is 5.75 Å². The lowest BCUT2D eigenvalue weighted by atomic mass is 10.3. The highest BCUT2D eigenvalue weighted by Gasteiger charge is 2.13. The Bertz CT molecular complexity index is 398. The number of terminal acetylenes is 1. The van der Waals surface area contributed by atoms with Crippen molar-refractivity contribution in [2.45, 2.75) is 0 Å². The van der Waals surface area contributed by atoms with Crippen LogP contribution in [-0.4, -0.2) is 11.5 Å². The lowest BCUT2D eigenvalue weighted by Gasteiger charge is -2.01. The summed E-state index contributed by atoms with van der Waals surface area (Å²) >= 11 is 0. The number of nitro benzene ring substituents is 1. The quantitative estimate of drug-likeness (QED) is 0.419. The van der Waals surface area contributed by atoms with Crippen LogP contribution in [0.25, 0.3) is 0 Å². The van der Waals surface area contributed by atoms with Crippen molar-refractivity contribution in [1.82, 2.24) is 0 Å². The lowest BCUT2D eigenvalue weighted by molar-refractivity contribution is -0.387. The molecule has 0 fully saturated rings. The lowest BCUT2D eigenvalue weighted by Crippen LogP contribution is -1.96. The molecule has 0 radical (unpaired) electrons. The maximum Gasteiger partial charge on any atom is 0.305 e. The largest absolute Gasteiger partial charge is 0.481 e. The van der Waals surface area contributed by atoms with E-state index in [2.05, 4.69) is 5.92 Å². The third-order valence-corrected chi connectivity index (χ3v) is 1.44. The minimum Gasteiger partial charge on any atom is -0.481 e. The highest BCUT2D eigenvalue weighted by Crippen LogP contribution is 2.21. The Morgan fingerprint density at radius 2 is 2.36 bits per heavy atom. The van der Waals surface area contributed by atoms with Gasteiger partial charge in [-0.3, -0.25) is 10.1 Å². The second-order valence-corrected chi connectivity index (χ2v) is 2.36. The molecule has 0 atom stereocenters. The Morgan fingerprint density at radius 3 is 2.86 bits per heavy atom. The second-order valence-electron chi connectivity index (χ2n) is 2.36. The Morgan fingerprint density at radius 1 is 1.64 bits per heavy atom. The molecule has 0 saturated carbocycles. The third kappa shape index (κ3) is 2.20. The highest BCUT2D eigenvalue weighted by atomic mass is 19.1. The van der Waals surface area contributed by atoms with Crippen LogP contribution >= 0.6 is 0 Å². The van der Waals surface area contributed by atoms with Gasteiger partial charge in [0.25, 0.3) is 0 Å². The summed E-state index contributed by atoms with van der Waals surface area (Å²) in [7, 11) is 0. The molecular formula is C9H6FNO3. The van der Waals surface area contributed by atoms with E-state index in [4.69, 9.17) is 11.2 Å². The fourth-order valence-electron chi connectivity index (χ4n) is 0.850. The monoisotopic (exact) mass is 195 g/mol. The first-order valence-electron chi connectivity index (χ1n) is 3.65. The first-order valence-corrected chi connectivity index (χ1v) is 3.65. The molecule has 0 saturated heterocycles. The topological polar surface area (TPSA) is 52.4 Å². The molecule has 0 aliphatic rings. The van der Waals surface area contributed by atoms with Gasteiger partial charge in [0.2, 0.25) is 5.82 Å². The van der Waals surface area contributed by atoms with Crippen molar-refractivity contribution >= 4 is 5.69 Å². The van der Waals surface area contributed by atoms with E-state index in [-0.39, 0.29) is 12.4 Å². The molecule has 0 spiro atoms. The van der Waals surface area contributed by atoms with Crippen LogP contribution in [0.15, 0.2) is 18.2 Å². The molecule has 1 rings (SSSR count). The molecule has 0 aliphatic carbocycles. The molecule has 1 aromatic carbocycles. The molecule has 14 heavy (non-hydrogen) atoms. The molecule has 0 unspecified atom stereocenters. The number of nitro groups is 1. The molecule has 0 amide bonds. The molecule has 0 aromatic heterocycles. The van der Waals surface area contributed by atoms with Gasteiger partial charge in [-0.05, 0) is 6.07 Å². The Kier molecular flexibility index (Phi) is 3.02. The summed E-state index contributed by atoms with van der Waals surface area (Å²) in [6.07, 6.45) is 4.92. The number of nitrogens with zero attached hydrogens (tertiary/aromatic N) is 1. The Balaban J connectivity index is 2.90. The number of ether oxygens (including phenoxy) is 1. The predicted molar refractivity (Wildman–Crippen MR) is 47.4 cm³/mol. The summed E-state index contributed by atoms with van der Waals surface area (Å²) in [5, 5.41) is 10.2. The maximum atomic E-state index is 13.0. The number of benzene rings is 1. The van der Waals surface area contributed by atoms with E-state index < -0.39 is 16.4 Å². The summed E-state index contributed by atoms with van der Waals surface area (Å²) in [5.41, 5.74) is -0.585. The predicted octanol–water partition coefficient (Wildman–Crippen LogP) is 1.75. The maximum absolute atomic E-state index is 13.0. The standard InChI is InChI=1S/C9H6FNO3/c1-2-5-14-7-3-4-9(11(12)13)8(10)6-7/h1,3-4,6H,5H2. The van der Waals surface area contributed by atoms with Crippen molar-refractivity contribution in [3.8, 4) is 18.1 Å². The molecule has 5 heteroatoms. The molecule has 4 nitrogen and oxygen atoms in total. The number of halogens is 1. The summed E-state index contributed by atoms with van der Waals surface area (Å²) in [4.78, 5) is 9.43. The van der Waals surface area contributed by atoms with Crippen molar-refractivity contribution in [2.24, 2.45) is 0 Å². The van der Waals surface area contributed by atoms with E-state index >= 15 is 0 Å². The van der Waals surface area contributed by atoms with Gasteiger partial charge in [-0.25, -0.2) is 0 Å². The van der Waals surface area contributed by atoms with Gasteiger partial charge in [-0.15, -0.1) is 6.42 Å². The first kappa shape index (κ1) is 9.99. The van der Waals surface area contributed by atoms with Crippen LogP contribution in [-0.2, 0) is 0 Å². The smallest absolute Gasteiger partial charge is 0.305 e. The van der Waals surface area contributed by atoms with Crippen LogP contribution in [0.3, 0.4) is 0 Å². The normalized spacial score (nSPS) is 9.14. The number of hydrogen-bond donors (Lipinski definition) is 0. The highest BCUT2D eigenvalue weighted by molar-refractivity contribution is 5.38. The third-order valence-electron chi connectivity index (χ3n) is 1.44. The van der Waals surface area contributed by atoms with E-state index in [0.29, 0.717) is 0 Å². The van der Waals surface area contributed by atoms with Crippen LogP contribution in [0.4, 0.5) is 10.1 Å². The van der Waals surface area contributed by atoms with Gasteiger partial charge in [0.1, 0.15) is 12.4 Å². The van der Waals surface area contributed by atoms with Gasteiger partial charge in [0, 0.05) is 12.1 Å². The van der Waals surface area contributed by atoms with E-state index in [1.807, 2.05) is 0 Å². The van der Waals surface area contributed by atoms with Crippen molar-refractivity contribution in [3.05, 3.63) is 34.1 Å². The summed E-state index contributed by atoms with van der Waals surface area (Å²) in [6.45, 7) is -0.00273.